The average molecular weight is 409 g/mol. The lowest BCUT2D eigenvalue weighted by atomic mass is 10.0. The quantitative estimate of drug-likeness (QED) is 0.508. The fourth-order valence-corrected chi connectivity index (χ4v) is 3.98. The Morgan fingerprint density at radius 2 is 1.79 bits per heavy atom. The van der Waals surface area contributed by atoms with E-state index in [9.17, 15) is 4.79 Å². The first-order valence-electron chi connectivity index (χ1n) is 10.1. The molecule has 0 unspecified atom stereocenters. The van der Waals surface area contributed by atoms with Crippen LogP contribution >= 0.6 is 11.8 Å². The number of carbonyl (C=O) groups is 1. The van der Waals surface area contributed by atoms with E-state index in [1.54, 1.807) is 0 Å². The summed E-state index contributed by atoms with van der Waals surface area (Å²) in [5.74, 6) is 1.59. The number of anilines is 1. The summed E-state index contributed by atoms with van der Waals surface area (Å²) in [6, 6.07) is 16.4. The minimum absolute atomic E-state index is 0.0376. The number of aromatic nitrogens is 3. The van der Waals surface area contributed by atoms with Gasteiger partial charge in [0, 0.05) is 17.8 Å². The van der Waals surface area contributed by atoms with Crippen molar-refractivity contribution in [3.05, 3.63) is 59.7 Å². The molecule has 0 aliphatic carbocycles. The van der Waals surface area contributed by atoms with Crippen LogP contribution in [-0.2, 0) is 17.8 Å². The van der Waals surface area contributed by atoms with E-state index in [1.165, 1.54) is 17.3 Å². The summed E-state index contributed by atoms with van der Waals surface area (Å²) in [6.45, 7) is 9.26. The number of nitrogens with one attached hydrogen (secondary N) is 1. The largest absolute Gasteiger partial charge is 0.325 e. The average Bonchev–Trinajstić information content (AvgIpc) is 3.15. The number of nitrogens with zero attached hydrogens (tertiary/aromatic N) is 3. The Morgan fingerprint density at radius 1 is 1.07 bits per heavy atom. The maximum Gasteiger partial charge on any atom is 0.234 e. The van der Waals surface area contributed by atoms with Crippen LogP contribution in [-0.4, -0.2) is 26.4 Å². The molecular weight excluding hydrogens is 380 g/mol. The van der Waals surface area contributed by atoms with Crippen molar-refractivity contribution >= 4 is 23.4 Å². The molecule has 3 rings (SSSR count). The van der Waals surface area contributed by atoms with Gasteiger partial charge in [-0.25, -0.2) is 0 Å². The lowest BCUT2D eigenvalue weighted by molar-refractivity contribution is -0.113. The minimum Gasteiger partial charge on any atom is -0.325 e. The zero-order valence-electron chi connectivity index (χ0n) is 17.5. The van der Waals surface area contributed by atoms with Gasteiger partial charge in [-0.05, 0) is 36.5 Å². The second-order valence-electron chi connectivity index (χ2n) is 7.17. The van der Waals surface area contributed by atoms with Gasteiger partial charge >= 0.3 is 0 Å². The topological polar surface area (TPSA) is 59.8 Å². The van der Waals surface area contributed by atoms with Crippen molar-refractivity contribution in [1.82, 2.24) is 14.8 Å². The summed E-state index contributed by atoms with van der Waals surface area (Å²) in [7, 11) is 0. The summed E-state index contributed by atoms with van der Waals surface area (Å²) in [6.07, 6.45) is 0.882. The number of para-hydroxylation sites is 1. The van der Waals surface area contributed by atoms with Crippen LogP contribution < -0.4 is 5.32 Å². The molecule has 1 amide bonds. The monoisotopic (exact) mass is 408 g/mol. The van der Waals surface area contributed by atoms with E-state index >= 15 is 0 Å². The molecule has 0 spiro atoms. The first-order chi connectivity index (χ1) is 14.0. The van der Waals surface area contributed by atoms with Crippen molar-refractivity contribution in [1.29, 1.82) is 0 Å². The van der Waals surface area contributed by atoms with Crippen molar-refractivity contribution in [2.45, 2.75) is 51.7 Å². The highest BCUT2D eigenvalue weighted by atomic mass is 32.2. The Kier molecular flexibility index (Phi) is 7.09. The first kappa shape index (κ1) is 21.1. The highest BCUT2D eigenvalue weighted by molar-refractivity contribution is 7.99. The van der Waals surface area contributed by atoms with E-state index in [1.807, 2.05) is 24.3 Å². The summed E-state index contributed by atoms with van der Waals surface area (Å²) < 4.78 is 2.06. The Bertz CT molecular complexity index is 963. The number of thioether (sulfide) groups is 1. The number of rotatable bonds is 8. The van der Waals surface area contributed by atoms with Crippen molar-refractivity contribution < 1.29 is 4.79 Å². The molecule has 0 radical (unpaired) electrons. The molecule has 2 aromatic carbocycles. The van der Waals surface area contributed by atoms with Gasteiger partial charge in [-0.1, -0.05) is 75.0 Å². The third-order valence-electron chi connectivity index (χ3n) is 4.87. The third-order valence-corrected chi connectivity index (χ3v) is 5.84. The van der Waals surface area contributed by atoms with Gasteiger partial charge in [-0.3, -0.25) is 4.79 Å². The molecule has 152 valence electrons. The molecule has 1 aromatic heterocycles. The van der Waals surface area contributed by atoms with Crippen LogP contribution in [0.5, 0.6) is 0 Å². The zero-order valence-corrected chi connectivity index (χ0v) is 18.3. The molecule has 0 aliphatic heterocycles. The van der Waals surface area contributed by atoms with E-state index < -0.39 is 0 Å². The van der Waals surface area contributed by atoms with Gasteiger partial charge < -0.3 is 9.88 Å². The molecule has 0 bridgehead atoms. The minimum atomic E-state index is -0.0376. The Labute approximate surface area is 176 Å². The van der Waals surface area contributed by atoms with Crippen LogP contribution in [0, 0.1) is 0 Å². The van der Waals surface area contributed by atoms with Crippen LogP contribution in [0.3, 0.4) is 0 Å². The molecule has 3 aromatic rings. The smallest absolute Gasteiger partial charge is 0.234 e. The van der Waals surface area contributed by atoms with Crippen molar-refractivity contribution in [3.8, 4) is 11.4 Å². The maximum absolute atomic E-state index is 12.4. The second-order valence-corrected chi connectivity index (χ2v) is 8.12. The molecule has 0 fully saturated rings. The van der Waals surface area contributed by atoms with Gasteiger partial charge in [0.1, 0.15) is 0 Å². The van der Waals surface area contributed by atoms with Gasteiger partial charge in [0.15, 0.2) is 11.0 Å². The molecule has 0 aliphatic rings. The lowest BCUT2D eigenvalue weighted by Gasteiger charge is -2.10. The number of aryl methyl sites for hydroxylation is 1. The standard InChI is InChI=1S/C23H28N4OS/c1-5-17-9-7-8-10-20(17)24-21(28)15-29-23-26-25-22(27(23)6-2)19-13-11-18(12-14-19)16(3)4/h7-14,16H,5-6,15H2,1-4H3,(H,24,28). The fourth-order valence-electron chi connectivity index (χ4n) is 3.18. The highest BCUT2D eigenvalue weighted by Gasteiger charge is 2.15. The number of hydrogen-bond acceptors (Lipinski definition) is 4. The molecule has 5 nitrogen and oxygen atoms in total. The summed E-state index contributed by atoms with van der Waals surface area (Å²) in [4.78, 5) is 12.4. The maximum atomic E-state index is 12.4. The number of carbonyl (C=O) groups excluding carboxylic acids is 1. The molecule has 1 heterocycles. The van der Waals surface area contributed by atoms with Crippen LogP contribution in [0.15, 0.2) is 53.7 Å². The Balaban J connectivity index is 1.69. The van der Waals surface area contributed by atoms with Crippen LogP contribution in [0.2, 0.25) is 0 Å². The van der Waals surface area contributed by atoms with E-state index in [0.29, 0.717) is 11.7 Å². The molecule has 29 heavy (non-hydrogen) atoms. The predicted molar refractivity (Wildman–Crippen MR) is 120 cm³/mol. The van der Waals surface area contributed by atoms with Gasteiger partial charge in [-0.2, -0.15) is 0 Å². The summed E-state index contributed by atoms with van der Waals surface area (Å²) >= 11 is 1.41. The van der Waals surface area contributed by atoms with Crippen LogP contribution in [0.4, 0.5) is 5.69 Å². The summed E-state index contributed by atoms with van der Waals surface area (Å²) in [5.41, 5.74) is 4.35. The van der Waals surface area contributed by atoms with E-state index in [-0.39, 0.29) is 5.91 Å². The molecule has 1 N–H and O–H groups in total. The van der Waals surface area contributed by atoms with Gasteiger partial charge in [0.05, 0.1) is 5.75 Å². The van der Waals surface area contributed by atoms with Crippen molar-refractivity contribution in [2.24, 2.45) is 0 Å². The number of amides is 1. The van der Waals surface area contributed by atoms with E-state index in [4.69, 9.17) is 0 Å². The van der Waals surface area contributed by atoms with Gasteiger partial charge in [-0.15, -0.1) is 10.2 Å². The normalized spacial score (nSPS) is 11.1. The summed E-state index contributed by atoms with van der Waals surface area (Å²) in [5, 5.41) is 12.5. The van der Waals surface area contributed by atoms with Gasteiger partial charge in [0.2, 0.25) is 5.91 Å². The van der Waals surface area contributed by atoms with Crippen molar-refractivity contribution in [3.63, 3.8) is 0 Å². The van der Waals surface area contributed by atoms with Crippen LogP contribution in [0.1, 0.15) is 44.7 Å². The van der Waals surface area contributed by atoms with Gasteiger partial charge in [0.25, 0.3) is 0 Å². The molecule has 0 saturated carbocycles. The SMILES string of the molecule is CCc1ccccc1NC(=O)CSc1nnc(-c2ccc(C(C)C)cc2)n1CC. The van der Waals surface area contributed by atoms with Crippen LogP contribution in [0.25, 0.3) is 11.4 Å². The lowest BCUT2D eigenvalue weighted by Crippen LogP contribution is -2.15. The van der Waals surface area contributed by atoms with E-state index in [0.717, 1.165) is 40.8 Å². The fraction of sp³-hybridized carbons (Fsp3) is 0.348. The Hall–Kier alpha value is -2.60. The second kappa shape index (κ2) is 9.74. The number of hydrogen-bond donors (Lipinski definition) is 1. The number of benzene rings is 2. The highest BCUT2D eigenvalue weighted by Crippen LogP contribution is 2.26. The molecule has 0 saturated heterocycles. The van der Waals surface area contributed by atoms with Crippen molar-refractivity contribution in [2.75, 3.05) is 11.1 Å². The van der Waals surface area contributed by atoms with E-state index in [2.05, 4.69) is 72.0 Å². The molecular formula is C23H28N4OS. The predicted octanol–water partition coefficient (Wildman–Crippen LogP) is 5.38. The Morgan fingerprint density at radius 3 is 2.45 bits per heavy atom. The molecule has 0 atom stereocenters. The zero-order chi connectivity index (χ0) is 20.8. The third kappa shape index (κ3) is 5.07. The molecule has 6 heteroatoms. The first-order valence-corrected chi connectivity index (χ1v) is 11.1.